The molecule has 150 valence electrons. The van der Waals surface area contributed by atoms with Gasteiger partial charge in [0.25, 0.3) is 0 Å². The second-order valence-electron chi connectivity index (χ2n) is 7.31. The Hall–Kier alpha value is -1.95. The van der Waals surface area contributed by atoms with Crippen molar-refractivity contribution in [3.8, 4) is 0 Å². The quantitative estimate of drug-likeness (QED) is 0.558. The number of methoxy groups -OCH3 is 1. The van der Waals surface area contributed by atoms with E-state index in [1.807, 2.05) is 24.4 Å². The molecule has 0 saturated heterocycles. The molecule has 0 saturated carbocycles. The molecule has 0 amide bonds. The topological polar surface area (TPSA) is 55.7 Å². The molecule has 0 N–H and O–H groups in total. The lowest BCUT2D eigenvalue weighted by Gasteiger charge is -2.36. The number of esters is 1. The fourth-order valence-corrected chi connectivity index (χ4v) is 5.42. The smallest absolute Gasteiger partial charge is 0.315 e. The number of allylic oxidation sites excluding steroid dienone is 2. The summed E-state index contributed by atoms with van der Waals surface area (Å²) in [6, 6.07) is 9.29. The summed E-state index contributed by atoms with van der Waals surface area (Å²) in [5.41, 5.74) is 2.76. The third-order valence-corrected chi connectivity index (χ3v) is 7.37. The highest BCUT2D eigenvalue weighted by Gasteiger charge is 2.44. The van der Waals surface area contributed by atoms with E-state index in [-0.39, 0.29) is 11.7 Å². The van der Waals surface area contributed by atoms with Crippen LogP contribution in [0.1, 0.15) is 42.0 Å². The maximum absolute atomic E-state index is 13.3. The van der Waals surface area contributed by atoms with Crippen molar-refractivity contribution in [2.75, 3.05) is 7.11 Å². The first kappa shape index (κ1) is 20.3. The summed E-state index contributed by atoms with van der Waals surface area (Å²) < 4.78 is 5.05. The molecule has 0 bridgehead atoms. The van der Waals surface area contributed by atoms with Crippen LogP contribution in [0.15, 0.2) is 52.0 Å². The summed E-state index contributed by atoms with van der Waals surface area (Å²) in [4.78, 5) is 31.8. The van der Waals surface area contributed by atoms with E-state index in [0.29, 0.717) is 34.2 Å². The summed E-state index contributed by atoms with van der Waals surface area (Å²) in [6.45, 7) is 1.81. The average molecular weight is 448 g/mol. The number of ketones is 1. The largest absolute Gasteiger partial charge is 0.468 e. The number of hydrogen-bond acceptors (Lipinski definition) is 5. The summed E-state index contributed by atoms with van der Waals surface area (Å²) in [5, 5.41) is 2.83. The van der Waals surface area contributed by atoms with Crippen LogP contribution >= 0.6 is 34.5 Å². The van der Waals surface area contributed by atoms with Gasteiger partial charge in [-0.25, -0.2) is 0 Å². The van der Waals surface area contributed by atoms with Crippen molar-refractivity contribution in [3.05, 3.63) is 67.5 Å². The Morgan fingerprint density at radius 2 is 2.00 bits per heavy atom. The lowest BCUT2D eigenvalue weighted by molar-refractivity contribution is -0.143. The molecule has 2 aromatic rings. The SMILES string of the molecule is COC(=O)C1C(C)=NC2=C(C(=O)CC(c3cccs3)C2)C1c1ccc(Cl)c(Cl)c1. The predicted octanol–water partition coefficient (Wildman–Crippen LogP) is 5.80. The minimum atomic E-state index is -0.668. The second-order valence-corrected chi connectivity index (χ2v) is 9.10. The van der Waals surface area contributed by atoms with Crippen LogP contribution in [0.25, 0.3) is 0 Å². The Bertz CT molecular complexity index is 1040. The van der Waals surface area contributed by atoms with E-state index in [9.17, 15) is 9.59 Å². The minimum absolute atomic E-state index is 0.0193. The predicted molar refractivity (Wildman–Crippen MR) is 116 cm³/mol. The molecule has 0 spiro atoms. The van der Waals surface area contributed by atoms with Gasteiger partial charge in [-0.15, -0.1) is 11.3 Å². The monoisotopic (exact) mass is 447 g/mol. The van der Waals surface area contributed by atoms with Crippen molar-refractivity contribution in [1.29, 1.82) is 0 Å². The summed E-state index contributed by atoms with van der Waals surface area (Å²) in [5.74, 6) is -1.44. The van der Waals surface area contributed by atoms with Gasteiger partial charge < -0.3 is 4.74 Å². The van der Waals surface area contributed by atoms with Gasteiger partial charge in [0.1, 0.15) is 5.92 Å². The molecule has 0 fully saturated rings. The molecule has 3 unspecified atom stereocenters. The molecular formula is C22H19Cl2NO3S. The summed E-state index contributed by atoms with van der Waals surface area (Å²) >= 11 is 14.0. The molecule has 0 radical (unpaired) electrons. The Morgan fingerprint density at radius 1 is 1.21 bits per heavy atom. The lowest BCUT2D eigenvalue weighted by Crippen LogP contribution is -2.37. The highest BCUT2D eigenvalue weighted by atomic mass is 35.5. The van der Waals surface area contributed by atoms with Crippen LogP contribution < -0.4 is 0 Å². The van der Waals surface area contributed by atoms with Crippen LogP contribution in [0.4, 0.5) is 0 Å². The molecule has 2 heterocycles. The molecule has 3 atom stereocenters. The number of thiophene rings is 1. The van der Waals surface area contributed by atoms with Crippen LogP contribution in [0, 0.1) is 5.92 Å². The molecule has 2 aliphatic rings. The van der Waals surface area contributed by atoms with Crippen molar-refractivity contribution in [2.45, 2.75) is 31.6 Å². The van der Waals surface area contributed by atoms with Gasteiger partial charge in [0.2, 0.25) is 0 Å². The Labute approximate surface area is 183 Å². The third kappa shape index (κ3) is 3.67. The zero-order valence-corrected chi connectivity index (χ0v) is 18.3. The summed E-state index contributed by atoms with van der Waals surface area (Å²) in [7, 11) is 1.35. The van der Waals surface area contributed by atoms with Gasteiger partial charge in [0.05, 0.1) is 17.2 Å². The van der Waals surface area contributed by atoms with Gasteiger partial charge in [0, 0.05) is 40.1 Å². The number of carbonyl (C=O) groups excluding carboxylic acids is 2. The highest BCUT2D eigenvalue weighted by Crippen LogP contribution is 2.47. The number of carbonyl (C=O) groups is 2. The van der Waals surface area contributed by atoms with E-state index < -0.39 is 17.8 Å². The van der Waals surface area contributed by atoms with Gasteiger partial charge >= 0.3 is 5.97 Å². The molecule has 1 aromatic carbocycles. The van der Waals surface area contributed by atoms with E-state index in [1.165, 1.54) is 12.0 Å². The maximum Gasteiger partial charge on any atom is 0.315 e. The first-order chi connectivity index (χ1) is 13.9. The number of hydrogen-bond donors (Lipinski definition) is 0. The van der Waals surface area contributed by atoms with Crippen LogP contribution in [0.5, 0.6) is 0 Å². The van der Waals surface area contributed by atoms with Crippen molar-refractivity contribution in [3.63, 3.8) is 0 Å². The zero-order valence-electron chi connectivity index (χ0n) is 15.9. The van der Waals surface area contributed by atoms with E-state index in [4.69, 9.17) is 32.9 Å². The minimum Gasteiger partial charge on any atom is -0.468 e. The second kappa shape index (κ2) is 8.05. The number of Topliss-reactive ketones (excluding diaryl/α,β-unsaturated/α-hetero) is 1. The normalized spacial score (nSPS) is 24.2. The fourth-order valence-electron chi connectivity index (χ4n) is 4.28. The number of halogens is 2. The van der Waals surface area contributed by atoms with Gasteiger partial charge in [-0.2, -0.15) is 0 Å². The Kier molecular flexibility index (Phi) is 5.65. The third-order valence-electron chi connectivity index (χ3n) is 5.59. The maximum atomic E-state index is 13.3. The van der Waals surface area contributed by atoms with Crippen LogP contribution in [0.3, 0.4) is 0 Å². The lowest BCUT2D eigenvalue weighted by atomic mass is 9.70. The van der Waals surface area contributed by atoms with Crippen LogP contribution in [-0.2, 0) is 14.3 Å². The first-order valence-corrected chi connectivity index (χ1v) is 10.9. The van der Waals surface area contributed by atoms with Gasteiger partial charge in [0.15, 0.2) is 5.78 Å². The van der Waals surface area contributed by atoms with Crippen molar-refractivity contribution in [2.24, 2.45) is 10.9 Å². The Morgan fingerprint density at radius 3 is 2.66 bits per heavy atom. The molecule has 1 aromatic heterocycles. The number of benzene rings is 1. The fraction of sp³-hybridized carbons (Fsp3) is 0.318. The molecule has 7 heteroatoms. The molecule has 4 nitrogen and oxygen atoms in total. The van der Waals surface area contributed by atoms with Crippen molar-refractivity contribution in [1.82, 2.24) is 0 Å². The number of nitrogens with zero attached hydrogens (tertiary/aromatic N) is 1. The van der Waals surface area contributed by atoms with E-state index >= 15 is 0 Å². The van der Waals surface area contributed by atoms with Crippen LogP contribution in [0.2, 0.25) is 10.0 Å². The van der Waals surface area contributed by atoms with Gasteiger partial charge in [-0.3, -0.25) is 14.6 Å². The summed E-state index contributed by atoms with van der Waals surface area (Å²) in [6.07, 6.45) is 1.07. The van der Waals surface area contributed by atoms with Gasteiger partial charge in [-0.05, 0) is 42.5 Å². The Balaban J connectivity index is 1.84. The molecular weight excluding hydrogens is 429 g/mol. The van der Waals surface area contributed by atoms with Gasteiger partial charge in [-0.1, -0.05) is 35.3 Å². The van der Waals surface area contributed by atoms with E-state index in [0.717, 1.165) is 11.3 Å². The van der Waals surface area contributed by atoms with E-state index in [1.54, 1.807) is 23.5 Å². The molecule has 29 heavy (non-hydrogen) atoms. The standard InChI is InChI=1S/C22H19Cl2NO3S/c1-11-19(22(27)28-2)20(12-5-6-14(23)15(24)8-12)21-16(25-11)9-13(10-17(21)26)18-4-3-7-29-18/h3-8,13,19-20H,9-10H2,1-2H3. The van der Waals surface area contributed by atoms with Crippen molar-refractivity contribution < 1.29 is 14.3 Å². The number of aliphatic imine (C=N–C) groups is 1. The molecule has 1 aliphatic heterocycles. The zero-order chi connectivity index (χ0) is 20.7. The van der Waals surface area contributed by atoms with E-state index in [2.05, 4.69) is 6.07 Å². The number of ether oxygens (including phenoxy) is 1. The molecule has 4 rings (SSSR count). The highest BCUT2D eigenvalue weighted by molar-refractivity contribution is 7.10. The first-order valence-electron chi connectivity index (χ1n) is 9.28. The molecule has 1 aliphatic carbocycles. The van der Waals surface area contributed by atoms with Crippen molar-refractivity contribution >= 4 is 52.0 Å². The number of rotatable bonds is 3. The average Bonchev–Trinajstić information content (AvgIpc) is 3.23. The van der Waals surface area contributed by atoms with Crippen LogP contribution in [-0.4, -0.2) is 24.6 Å².